The first-order valence-corrected chi connectivity index (χ1v) is 8.86. The number of rotatable bonds is 3. The van der Waals surface area contributed by atoms with Gasteiger partial charge in [-0.05, 0) is 59.5 Å². The Balaban J connectivity index is 0.000000143. The molecule has 2 N–H and O–H groups in total. The summed E-state index contributed by atoms with van der Waals surface area (Å²) in [5.74, 6) is 0.768. The molecule has 1 saturated carbocycles. The van der Waals surface area contributed by atoms with Crippen molar-refractivity contribution < 1.29 is 0 Å². The van der Waals surface area contributed by atoms with Gasteiger partial charge in [-0.25, -0.2) is 4.68 Å². The minimum Gasteiger partial charge on any atom is -0.274 e. The Hall–Kier alpha value is -2.11. The average molecular weight is 338 g/mol. The fourth-order valence-corrected chi connectivity index (χ4v) is 3.03. The first kappa shape index (κ1) is 16.7. The lowest BCUT2D eigenvalue weighted by Crippen LogP contribution is -1.93. The van der Waals surface area contributed by atoms with Crippen LogP contribution in [0.15, 0.2) is 71.9 Å². The second-order valence-corrected chi connectivity index (χ2v) is 7.32. The summed E-state index contributed by atoms with van der Waals surface area (Å²) in [6.07, 6.45) is 4.80. The van der Waals surface area contributed by atoms with E-state index in [1.165, 1.54) is 23.9 Å². The van der Waals surface area contributed by atoms with E-state index in [1.807, 2.05) is 36.5 Å². The number of nitrogens with zero attached hydrogens (tertiary/aromatic N) is 3. The van der Waals surface area contributed by atoms with Gasteiger partial charge in [-0.15, -0.1) is 5.10 Å². The summed E-state index contributed by atoms with van der Waals surface area (Å²) in [6.45, 7) is 4.65. The van der Waals surface area contributed by atoms with Gasteiger partial charge in [0.1, 0.15) is 0 Å². The van der Waals surface area contributed by atoms with Crippen LogP contribution >= 0.6 is 11.9 Å². The lowest BCUT2D eigenvalue weighted by atomic mass is 10.0. The van der Waals surface area contributed by atoms with E-state index in [9.17, 15) is 0 Å². The molecule has 0 aliphatic heterocycles. The summed E-state index contributed by atoms with van der Waals surface area (Å²) in [4.78, 5) is 1.14. The standard InChI is InChI=1S/C11H15NS.C8H7N3/c1-11(2)7-10(11)8-3-5-9(13-12)6-4-8;1-2-4-8(5-3-1)11-7-6-9-10-11/h3-6,10H,7,12H2,1-2H3;1-7H. The molecule has 1 unspecified atom stereocenters. The van der Waals surface area contributed by atoms with Gasteiger partial charge in [0.15, 0.2) is 0 Å². The van der Waals surface area contributed by atoms with Crippen molar-refractivity contribution in [3.8, 4) is 5.69 Å². The Morgan fingerprint density at radius 2 is 1.75 bits per heavy atom. The summed E-state index contributed by atoms with van der Waals surface area (Å²) in [5.41, 5.74) is 3.02. The van der Waals surface area contributed by atoms with Crippen molar-refractivity contribution in [1.82, 2.24) is 15.0 Å². The maximum absolute atomic E-state index is 5.46. The maximum atomic E-state index is 5.46. The maximum Gasteiger partial charge on any atom is 0.0697 e. The van der Waals surface area contributed by atoms with Crippen LogP contribution in [-0.2, 0) is 0 Å². The van der Waals surface area contributed by atoms with Crippen LogP contribution in [0.25, 0.3) is 5.69 Å². The number of benzene rings is 2. The third-order valence-corrected chi connectivity index (χ3v) is 4.92. The van der Waals surface area contributed by atoms with E-state index < -0.39 is 0 Å². The van der Waals surface area contributed by atoms with Gasteiger partial charge in [0, 0.05) is 4.90 Å². The van der Waals surface area contributed by atoms with Gasteiger partial charge < -0.3 is 0 Å². The van der Waals surface area contributed by atoms with Crippen molar-refractivity contribution in [2.24, 2.45) is 10.6 Å². The van der Waals surface area contributed by atoms with E-state index >= 15 is 0 Å². The van der Waals surface area contributed by atoms with E-state index in [-0.39, 0.29) is 0 Å². The fourth-order valence-electron chi connectivity index (χ4n) is 2.74. The fraction of sp³-hybridized carbons (Fsp3) is 0.263. The minimum absolute atomic E-state index is 0.525. The topological polar surface area (TPSA) is 56.7 Å². The molecule has 0 saturated heterocycles. The first-order chi connectivity index (χ1) is 11.6. The molecule has 4 rings (SSSR count). The van der Waals surface area contributed by atoms with Gasteiger partial charge in [-0.2, -0.15) is 0 Å². The quantitative estimate of drug-likeness (QED) is 0.718. The largest absolute Gasteiger partial charge is 0.274 e. The summed E-state index contributed by atoms with van der Waals surface area (Å²) < 4.78 is 1.72. The molecule has 4 nitrogen and oxygen atoms in total. The molecule has 2 aromatic carbocycles. The van der Waals surface area contributed by atoms with Crippen molar-refractivity contribution in [3.63, 3.8) is 0 Å². The molecule has 0 radical (unpaired) electrons. The summed E-state index contributed by atoms with van der Waals surface area (Å²) in [6, 6.07) is 18.5. The summed E-state index contributed by atoms with van der Waals surface area (Å²) in [7, 11) is 0. The van der Waals surface area contributed by atoms with Crippen LogP contribution in [0.3, 0.4) is 0 Å². The van der Waals surface area contributed by atoms with Gasteiger partial charge >= 0.3 is 0 Å². The van der Waals surface area contributed by atoms with Crippen LogP contribution < -0.4 is 5.14 Å². The molecule has 5 heteroatoms. The lowest BCUT2D eigenvalue weighted by molar-refractivity contribution is 0.621. The van der Waals surface area contributed by atoms with Gasteiger partial charge in [0.25, 0.3) is 0 Å². The highest BCUT2D eigenvalue weighted by molar-refractivity contribution is 7.97. The van der Waals surface area contributed by atoms with Crippen molar-refractivity contribution in [1.29, 1.82) is 0 Å². The number of hydrogen-bond acceptors (Lipinski definition) is 4. The monoisotopic (exact) mass is 338 g/mol. The Morgan fingerprint density at radius 3 is 2.25 bits per heavy atom. The van der Waals surface area contributed by atoms with Gasteiger partial charge in [-0.3, -0.25) is 5.14 Å². The minimum atomic E-state index is 0.525. The molecule has 1 aromatic heterocycles. The van der Waals surface area contributed by atoms with Crippen molar-refractivity contribution in [3.05, 3.63) is 72.6 Å². The van der Waals surface area contributed by atoms with Crippen LogP contribution in [-0.4, -0.2) is 15.0 Å². The van der Waals surface area contributed by atoms with Crippen molar-refractivity contribution >= 4 is 11.9 Å². The number of nitrogens with two attached hydrogens (primary N) is 1. The van der Waals surface area contributed by atoms with Crippen LogP contribution in [0.4, 0.5) is 0 Å². The third kappa shape index (κ3) is 4.04. The molecule has 1 aliphatic rings. The molecule has 124 valence electrons. The van der Waals surface area contributed by atoms with Crippen LogP contribution in [0.5, 0.6) is 0 Å². The number of aromatic nitrogens is 3. The van der Waals surface area contributed by atoms with E-state index in [0.29, 0.717) is 5.41 Å². The molecular formula is C19H22N4S. The highest BCUT2D eigenvalue weighted by Crippen LogP contribution is 2.58. The predicted octanol–water partition coefficient (Wildman–Crippen LogP) is 4.43. The SMILES string of the molecule is CC1(C)CC1c1ccc(SN)cc1.c1ccc(-n2ccnn2)cc1. The highest BCUT2D eigenvalue weighted by atomic mass is 32.2. The van der Waals surface area contributed by atoms with Gasteiger partial charge in [-0.1, -0.05) is 49.4 Å². The highest BCUT2D eigenvalue weighted by Gasteiger charge is 2.46. The molecule has 1 heterocycles. The third-order valence-electron chi connectivity index (χ3n) is 4.38. The van der Waals surface area contributed by atoms with E-state index in [0.717, 1.165) is 16.5 Å². The molecule has 0 bridgehead atoms. The molecule has 1 aliphatic carbocycles. The van der Waals surface area contributed by atoms with Gasteiger partial charge in [0.2, 0.25) is 0 Å². The Bertz CT molecular complexity index is 752. The Morgan fingerprint density at radius 1 is 1.08 bits per heavy atom. The molecule has 0 spiro atoms. The zero-order valence-corrected chi connectivity index (χ0v) is 14.8. The lowest BCUT2D eigenvalue weighted by Gasteiger charge is -2.03. The Labute approximate surface area is 147 Å². The normalized spacial score (nSPS) is 17.7. The molecule has 24 heavy (non-hydrogen) atoms. The second kappa shape index (κ2) is 7.20. The van der Waals surface area contributed by atoms with E-state index in [4.69, 9.17) is 5.14 Å². The molecule has 3 aromatic rings. The van der Waals surface area contributed by atoms with Crippen LogP contribution in [0, 0.1) is 5.41 Å². The molecule has 0 amide bonds. The number of hydrogen-bond donors (Lipinski definition) is 1. The van der Waals surface area contributed by atoms with Crippen LogP contribution in [0.1, 0.15) is 31.7 Å². The van der Waals surface area contributed by atoms with Crippen molar-refractivity contribution in [2.45, 2.75) is 31.1 Å². The predicted molar refractivity (Wildman–Crippen MR) is 99.0 cm³/mol. The second-order valence-electron chi connectivity index (χ2n) is 6.62. The smallest absolute Gasteiger partial charge is 0.0697 e. The number of para-hydroxylation sites is 1. The zero-order chi connectivity index (χ0) is 17.0. The Kier molecular flexibility index (Phi) is 5.02. The first-order valence-electron chi connectivity index (χ1n) is 7.98. The molecule has 1 atom stereocenters. The molecule has 1 fully saturated rings. The van der Waals surface area contributed by atoms with Crippen molar-refractivity contribution in [2.75, 3.05) is 0 Å². The molecular weight excluding hydrogens is 316 g/mol. The van der Waals surface area contributed by atoms with E-state index in [2.05, 4.69) is 48.4 Å². The van der Waals surface area contributed by atoms with E-state index in [1.54, 1.807) is 10.9 Å². The zero-order valence-electron chi connectivity index (χ0n) is 14.0. The summed E-state index contributed by atoms with van der Waals surface area (Å²) in [5, 5.41) is 13.0. The van der Waals surface area contributed by atoms with Gasteiger partial charge in [0.05, 0.1) is 18.1 Å². The average Bonchev–Trinajstić information content (AvgIpc) is 3.03. The van der Waals surface area contributed by atoms with Crippen LogP contribution in [0.2, 0.25) is 0 Å². The summed E-state index contributed by atoms with van der Waals surface area (Å²) >= 11 is 1.31.